The molecule has 1 aromatic rings. The van der Waals surface area contributed by atoms with E-state index in [0.29, 0.717) is 12.1 Å². The molecular formula is C18H25FN2O2. The third-order valence-electron chi connectivity index (χ3n) is 4.48. The van der Waals surface area contributed by atoms with E-state index in [1.807, 2.05) is 26.8 Å². The molecule has 1 aromatic carbocycles. The van der Waals surface area contributed by atoms with Crippen molar-refractivity contribution < 1.29 is 13.9 Å². The van der Waals surface area contributed by atoms with E-state index in [4.69, 9.17) is 4.74 Å². The van der Waals surface area contributed by atoms with Crippen molar-refractivity contribution in [1.82, 2.24) is 10.6 Å². The molecule has 5 heteroatoms. The van der Waals surface area contributed by atoms with Crippen molar-refractivity contribution in [3.8, 4) is 0 Å². The summed E-state index contributed by atoms with van der Waals surface area (Å²) in [7, 11) is 0. The summed E-state index contributed by atoms with van der Waals surface area (Å²) < 4.78 is 18.5. The van der Waals surface area contributed by atoms with Crippen LogP contribution < -0.4 is 10.6 Å². The number of ether oxygens (including phenoxy) is 1. The van der Waals surface area contributed by atoms with Gasteiger partial charge in [0, 0.05) is 18.1 Å². The Balaban J connectivity index is 1.44. The largest absolute Gasteiger partial charge is 0.444 e. The molecule has 0 aromatic heterocycles. The highest BCUT2D eigenvalue weighted by molar-refractivity contribution is 5.68. The van der Waals surface area contributed by atoms with Crippen LogP contribution in [-0.2, 0) is 11.2 Å². The molecule has 2 aliphatic carbocycles. The van der Waals surface area contributed by atoms with E-state index >= 15 is 0 Å². The van der Waals surface area contributed by atoms with E-state index in [0.717, 1.165) is 31.2 Å². The fraction of sp³-hybridized carbons (Fsp3) is 0.611. The molecule has 0 radical (unpaired) electrons. The molecular weight excluding hydrogens is 295 g/mol. The van der Waals surface area contributed by atoms with Crippen LogP contribution in [-0.4, -0.2) is 23.8 Å². The molecule has 1 atom stereocenters. The molecule has 0 saturated heterocycles. The van der Waals surface area contributed by atoms with Crippen LogP contribution in [0.3, 0.4) is 0 Å². The van der Waals surface area contributed by atoms with Crippen LogP contribution in [0.1, 0.15) is 57.2 Å². The predicted octanol–water partition coefficient (Wildman–Crippen LogP) is 3.46. The van der Waals surface area contributed by atoms with E-state index in [2.05, 4.69) is 10.6 Å². The normalized spacial score (nSPS) is 26.3. The van der Waals surface area contributed by atoms with Crippen molar-refractivity contribution in [2.45, 2.75) is 70.2 Å². The zero-order valence-corrected chi connectivity index (χ0v) is 14.0. The average Bonchev–Trinajstić information content (AvgIpc) is 2.76. The van der Waals surface area contributed by atoms with Crippen molar-refractivity contribution >= 4 is 6.09 Å². The Hall–Kier alpha value is -1.62. The molecule has 1 fully saturated rings. The molecule has 2 aliphatic rings. The highest BCUT2D eigenvalue weighted by atomic mass is 19.1. The lowest BCUT2D eigenvalue weighted by molar-refractivity contribution is 0.0463. The smallest absolute Gasteiger partial charge is 0.407 e. The van der Waals surface area contributed by atoms with Gasteiger partial charge in [-0.25, -0.2) is 9.18 Å². The van der Waals surface area contributed by atoms with Gasteiger partial charge in [0.2, 0.25) is 0 Å². The minimum atomic E-state index is -0.464. The molecule has 23 heavy (non-hydrogen) atoms. The number of hydrogen-bond donors (Lipinski definition) is 2. The maximum Gasteiger partial charge on any atom is 0.407 e. The number of fused-ring (bicyclic) bond motifs is 1. The third-order valence-corrected chi connectivity index (χ3v) is 4.48. The van der Waals surface area contributed by atoms with Gasteiger partial charge in [-0.3, -0.25) is 0 Å². The monoisotopic (exact) mass is 320 g/mol. The zero-order valence-electron chi connectivity index (χ0n) is 14.0. The summed E-state index contributed by atoms with van der Waals surface area (Å²) in [6, 6.07) is 5.95. The van der Waals surface area contributed by atoms with Crippen LogP contribution in [0.25, 0.3) is 0 Å². The van der Waals surface area contributed by atoms with Crippen LogP contribution in [0, 0.1) is 5.82 Å². The number of carbonyl (C=O) groups excluding carboxylic acids is 1. The fourth-order valence-electron chi connectivity index (χ4n) is 3.39. The second-order valence-electron chi connectivity index (χ2n) is 7.61. The minimum Gasteiger partial charge on any atom is -0.444 e. The van der Waals surface area contributed by atoms with Crippen molar-refractivity contribution in [2.24, 2.45) is 0 Å². The van der Waals surface area contributed by atoms with Gasteiger partial charge in [0.15, 0.2) is 0 Å². The van der Waals surface area contributed by atoms with Gasteiger partial charge in [0.1, 0.15) is 11.4 Å². The molecule has 0 bridgehead atoms. The van der Waals surface area contributed by atoms with Crippen molar-refractivity contribution in [1.29, 1.82) is 0 Å². The average molecular weight is 320 g/mol. The second kappa shape index (κ2) is 6.11. The summed E-state index contributed by atoms with van der Waals surface area (Å²) in [5.41, 5.74) is 1.87. The van der Waals surface area contributed by atoms with Crippen molar-refractivity contribution in [3.05, 3.63) is 35.1 Å². The highest BCUT2D eigenvalue weighted by Gasteiger charge is 2.34. The molecule has 1 saturated carbocycles. The van der Waals surface area contributed by atoms with Gasteiger partial charge in [-0.05, 0) is 69.7 Å². The van der Waals surface area contributed by atoms with E-state index < -0.39 is 5.60 Å². The minimum absolute atomic E-state index is 0.158. The zero-order chi connectivity index (χ0) is 16.6. The van der Waals surface area contributed by atoms with Crippen LogP contribution in [0.15, 0.2) is 18.2 Å². The van der Waals surface area contributed by atoms with Crippen molar-refractivity contribution in [2.75, 3.05) is 0 Å². The molecule has 0 spiro atoms. The Bertz CT molecular complexity index is 591. The fourth-order valence-corrected chi connectivity index (χ4v) is 3.39. The highest BCUT2D eigenvalue weighted by Crippen LogP contribution is 2.34. The number of carbonyl (C=O) groups is 1. The summed E-state index contributed by atoms with van der Waals surface area (Å²) in [6.07, 6.45) is 3.41. The van der Waals surface area contributed by atoms with Crippen LogP contribution in [0.5, 0.6) is 0 Å². The molecule has 2 N–H and O–H groups in total. The first-order valence-corrected chi connectivity index (χ1v) is 8.34. The number of amides is 1. The topological polar surface area (TPSA) is 50.4 Å². The lowest BCUT2D eigenvalue weighted by atomic mass is 9.86. The quantitative estimate of drug-likeness (QED) is 0.897. The standard InChI is InChI=1S/C18H25FN2O2/c1-18(2,3)23-17(22)21-14-9-13(10-14)20-16-7-4-11-8-12(19)5-6-15(11)16/h5-6,8,13-14,16,20H,4,7,9-10H2,1-3H3,(H,21,22). The molecule has 0 heterocycles. The molecule has 4 nitrogen and oxygen atoms in total. The first kappa shape index (κ1) is 16.2. The number of rotatable bonds is 3. The van der Waals surface area contributed by atoms with Gasteiger partial charge in [-0.1, -0.05) is 6.07 Å². The van der Waals surface area contributed by atoms with Gasteiger partial charge >= 0.3 is 6.09 Å². The van der Waals surface area contributed by atoms with Gasteiger partial charge in [0.05, 0.1) is 0 Å². The number of halogens is 1. The number of aryl methyl sites for hydroxylation is 1. The molecule has 126 valence electrons. The van der Waals surface area contributed by atoms with E-state index in [-0.39, 0.29) is 18.0 Å². The summed E-state index contributed by atoms with van der Waals surface area (Å²) in [5.74, 6) is -0.158. The van der Waals surface area contributed by atoms with Gasteiger partial charge in [-0.15, -0.1) is 0 Å². The Morgan fingerprint density at radius 2 is 2.00 bits per heavy atom. The SMILES string of the molecule is CC(C)(C)OC(=O)NC1CC(NC2CCc3cc(F)ccc32)C1. The van der Waals surface area contributed by atoms with Crippen molar-refractivity contribution in [3.63, 3.8) is 0 Å². The van der Waals surface area contributed by atoms with Crippen LogP contribution >= 0.6 is 0 Å². The number of nitrogens with one attached hydrogen (secondary N) is 2. The summed E-state index contributed by atoms with van der Waals surface area (Å²) >= 11 is 0. The Morgan fingerprint density at radius 1 is 1.26 bits per heavy atom. The Kier molecular flexibility index (Phi) is 4.32. The maximum absolute atomic E-state index is 13.2. The summed E-state index contributed by atoms with van der Waals surface area (Å²) in [6.45, 7) is 5.58. The number of benzene rings is 1. The second-order valence-corrected chi connectivity index (χ2v) is 7.61. The lowest BCUT2D eigenvalue weighted by Gasteiger charge is -2.38. The third kappa shape index (κ3) is 4.02. The maximum atomic E-state index is 13.2. The molecule has 0 aliphatic heterocycles. The van der Waals surface area contributed by atoms with Gasteiger partial charge in [0.25, 0.3) is 0 Å². The van der Waals surface area contributed by atoms with Crippen LogP contribution in [0.2, 0.25) is 0 Å². The van der Waals surface area contributed by atoms with Gasteiger partial charge < -0.3 is 15.4 Å². The molecule has 3 rings (SSSR count). The molecule has 1 unspecified atom stereocenters. The molecule has 1 amide bonds. The van der Waals surface area contributed by atoms with E-state index in [1.165, 1.54) is 11.6 Å². The Morgan fingerprint density at radius 3 is 2.70 bits per heavy atom. The first-order valence-electron chi connectivity index (χ1n) is 8.34. The van der Waals surface area contributed by atoms with E-state index in [9.17, 15) is 9.18 Å². The van der Waals surface area contributed by atoms with E-state index in [1.54, 1.807) is 6.07 Å². The number of alkyl carbamates (subject to hydrolysis) is 1. The summed E-state index contributed by atoms with van der Waals surface area (Å²) in [4.78, 5) is 11.7. The van der Waals surface area contributed by atoms with Crippen LogP contribution in [0.4, 0.5) is 9.18 Å². The summed E-state index contributed by atoms with van der Waals surface area (Å²) in [5, 5.41) is 6.53. The predicted molar refractivity (Wildman–Crippen MR) is 86.8 cm³/mol. The number of hydrogen-bond acceptors (Lipinski definition) is 3. The lowest BCUT2D eigenvalue weighted by Crippen LogP contribution is -2.53. The van der Waals surface area contributed by atoms with Gasteiger partial charge in [-0.2, -0.15) is 0 Å². The first-order chi connectivity index (χ1) is 10.8. The Labute approximate surface area is 136 Å².